The molecular weight excluding hydrogens is 150 g/mol. The molecule has 0 aliphatic heterocycles. The number of hydrogen-bond acceptors (Lipinski definition) is 4. The Morgan fingerprint density at radius 3 is 2.55 bits per heavy atom. The van der Waals surface area contributed by atoms with E-state index in [1.54, 1.807) is 0 Å². The Morgan fingerprint density at radius 1 is 1.45 bits per heavy atom. The van der Waals surface area contributed by atoms with Crippen molar-refractivity contribution in [3.8, 4) is 0 Å². The van der Waals surface area contributed by atoms with Crippen LogP contribution < -0.4 is 0 Å². The molecule has 0 aliphatic carbocycles. The predicted molar refractivity (Wildman–Crippen MR) is 37.6 cm³/mol. The largest absolute Gasteiger partial charge is 0.359 e. The van der Waals surface area contributed by atoms with Crippen LogP contribution in [0.2, 0.25) is 0 Å². The smallest absolute Gasteiger partial charge is 0.271 e. The maximum Gasteiger partial charge on any atom is 0.271 e. The van der Waals surface area contributed by atoms with Crippen molar-refractivity contribution in [2.75, 3.05) is 34.7 Å². The van der Waals surface area contributed by atoms with E-state index in [9.17, 15) is 4.79 Å². The zero-order valence-corrected chi connectivity index (χ0v) is 6.99. The molecule has 0 fully saturated rings. The highest BCUT2D eigenvalue weighted by molar-refractivity contribution is 5.75. The van der Waals surface area contributed by atoms with E-state index >= 15 is 0 Å². The molecule has 0 aromatic rings. The van der Waals surface area contributed by atoms with E-state index < -0.39 is 0 Å². The Kier molecular flexibility index (Phi) is 5.73. The summed E-state index contributed by atoms with van der Waals surface area (Å²) in [4.78, 5) is 15.5. The van der Waals surface area contributed by atoms with Crippen LogP contribution in [0.1, 0.15) is 0 Å². The summed E-state index contributed by atoms with van der Waals surface area (Å²) in [6.07, 6.45) is 0. The van der Waals surface area contributed by atoms with Crippen molar-refractivity contribution in [3.05, 3.63) is 0 Å². The fourth-order valence-electron chi connectivity index (χ4n) is 0.405. The molecule has 0 saturated carbocycles. The summed E-state index contributed by atoms with van der Waals surface area (Å²) in [5.74, 6) is -0.246. The van der Waals surface area contributed by atoms with Crippen molar-refractivity contribution in [2.45, 2.75) is 0 Å². The molecule has 5 nitrogen and oxygen atoms in total. The van der Waals surface area contributed by atoms with Crippen molar-refractivity contribution in [1.82, 2.24) is 5.06 Å². The molecule has 0 radical (unpaired) electrons. The van der Waals surface area contributed by atoms with Crippen molar-refractivity contribution in [2.24, 2.45) is 0 Å². The molecule has 0 aliphatic rings. The van der Waals surface area contributed by atoms with Crippen molar-refractivity contribution in [3.63, 3.8) is 0 Å². The fraction of sp³-hybridized carbons (Fsp3) is 0.833. The molecule has 66 valence electrons. The minimum Gasteiger partial charge on any atom is -0.359 e. The molecule has 0 aromatic carbocycles. The number of nitrogens with zero attached hydrogens (tertiary/aromatic N) is 1. The molecule has 0 rings (SSSR count). The van der Waals surface area contributed by atoms with E-state index in [2.05, 4.69) is 9.57 Å². The number of ether oxygens (including phenoxy) is 2. The molecule has 0 atom stereocenters. The van der Waals surface area contributed by atoms with Gasteiger partial charge in [0.2, 0.25) is 0 Å². The summed E-state index contributed by atoms with van der Waals surface area (Å²) in [5.41, 5.74) is 0. The zero-order valence-electron chi connectivity index (χ0n) is 6.99. The van der Waals surface area contributed by atoms with E-state index in [1.807, 2.05) is 0 Å². The molecule has 0 saturated heterocycles. The number of methoxy groups -OCH3 is 1. The molecule has 0 N–H and O–H groups in total. The second kappa shape index (κ2) is 6.09. The van der Waals surface area contributed by atoms with E-state index in [4.69, 9.17) is 4.74 Å². The Labute approximate surface area is 65.8 Å². The molecule has 0 heterocycles. The molecule has 0 bridgehead atoms. The van der Waals surface area contributed by atoms with Gasteiger partial charge in [0, 0.05) is 14.2 Å². The first-order chi connectivity index (χ1) is 5.22. The van der Waals surface area contributed by atoms with Gasteiger partial charge in [0.1, 0.15) is 13.4 Å². The first kappa shape index (κ1) is 10.3. The second-order valence-corrected chi connectivity index (χ2v) is 1.83. The van der Waals surface area contributed by atoms with Gasteiger partial charge in [0.25, 0.3) is 5.91 Å². The number of rotatable bonds is 5. The summed E-state index contributed by atoms with van der Waals surface area (Å²) in [6.45, 7) is 0.0848. The number of carbonyl (C=O) groups excluding carboxylic acids is 1. The summed E-state index contributed by atoms with van der Waals surface area (Å²) in [5, 5.41) is 1.09. The van der Waals surface area contributed by atoms with Crippen molar-refractivity contribution < 1.29 is 19.1 Å². The average molecular weight is 163 g/mol. The van der Waals surface area contributed by atoms with Gasteiger partial charge in [-0.2, -0.15) is 0 Å². The van der Waals surface area contributed by atoms with Gasteiger partial charge >= 0.3 is 0 Å². The Hall–Kier alpha value is -0.650. The van der Waals surface area contributed by atoms with Crippen LogP contribution in [0.3, 0.4) is 0 Å². The fourth-order valence-corrected chi connectivity index (χ4v) is 0.405. The normalized spacial score (nSPS) is 9.73. The van der Waals surface area contributed by atoms with E-state index in [0.29, 0.717) is 0 Å². The van der Waals surface area contributed by atoms with Crippen LogP contribution in [0.5, 0.6) is 0 Å². The SMILES string of the molecule is COCOCC(=O)N(C)OC. The number of hydroxylamine groups is 2. The van der Waals surface area contributed by atoms with Crippen LogP contribution >= 0.6 is 0 Å². The van der Waals surface area contributed by atoms with E-state index in [0.717, 1.165) is 5.06 Å². The quantitative estimate of drug-likeness (QED) is 0.315. The van der Waals surface area contributed by atoms with Crippen LogP contribution in [-0.4, -0.2) is 45.6 Å². The maximum atomic E-state index is 10.9. The Morgan fingerprint density at radius 2 is 2.09 bits per heavy atom. The summed E-state index contributed by atoms with van der Waals surface area (Å²) < 4.78 is 9.35. The van der Waals surface area contributed by atoms with Gasteiger partial charge in [-0.25, -0.2) is 5.06 Å². The lowest BCUT2D eigenvalue weighted by molar-refractivity contribution is -0.176. The van der Waals surface area contributed by atoms with Gasteiger partial charge in [0.15, 0.2) is 0 Å². The van der Waals surface area contributed by atoms with Gasteiger partial charge in [-0.05, 0) is 0 Å². The van der Waals surface area contributed by atoms with Crippen LogP contribution in [0.15, 0.2) is 0 Å². The monoisotopic (exact) mass is 163 g/mol. The first-order valence-electron chi connectivity index (χ1n) is 3.09. The first-order valence-corrected chi connectivity index (χ1v) is 3.09. The number of hydrogen-bond donors (Lipinski definition) is 0. The van der Waals surface area contributed by atoms with E-state index in [1.165, 1.54) is 21.3 Å². The van der Waals surface area contributed by atoms with Gasteiger partial charge in [-0.1, -0.05) is 0 Å². The van der Waals surface area contributed by atoms with Crippen LogP contribution in [0.25, 0.3) is 0 Å². The molecule has 0 unspecified atom stereocenters. The minimum absolute atomic E-state index is 0.0296. The molecule has 0 spiro atoms. The Balaban J connectivity index is 3.36. The topological polar surface area (TPSA) is 48.0 Å². The molecule has 11 heavy (non-hydrogen) atoms. The van der Waals surface area contributed by atoms with Crippen molar-refractivity contribution >= 4 is 5.91 Å². The van der Waals surface area contributed by atoms with Crippen molar-refractivity contribution in [1.29, 1.82) is 0 Å². The highest BCUT2D eigenvalue weighted by atomic mass is 16.7. The molecule has 5 heteroatoms. The number of likely N-dealkylation sites (N-methyl/N-ethyl adjacent to an activating group) is 1. The summed E-state index contributed by atoms with van der Waals surface area (Å²) >= 11 is 0. The van der Waals surface area contributed by atoms with Gasteiger partial charge in [-0.15, -0.1) is 0 Å². The lowest BCUT2D eigenvalue weighted by atomic mass is 10.6. The molecule has 0 aromatic heterocycles. The number of amides is 1. The Bertz CT molecular complexity index is 117. The van der Waals surface area contributed by atoms with E-state index in [-0.39, 0.29) is 19.3 Å². The third-order valence-electron chi connectivity index (χ3n) is 1.05. The predicted octanol–water partition coefficient (Wildman–Crippen LogP) is -0.373. The third kappa shape index (κ3) is 4.72. The van der Waals surface area contributed by atoms with Gasteiger partial charge in [-0.3, -0.25) is 9.63 Å². The average Bonchev–Trinajstić information content (AvgIpc) is 2.03. The third-order valence-corrected chi connectivity index (χ3v) is 1.05. The maximum absolute atomic E-state index is 10.9. The van der Waals surface area contributed by atoms with Gasteiger partial charge in [0.05, 0.1) is 7.11 Å². The standard InChI is InChI=1S/C6H13NO4/c1-7(10-3)6(8)4-11-5-9-2/h4-5H2,1-3H3. The summed E-state index contributed by atoms with van der Waals surface area (Å²) in [7, 11) is 4.41. The minimum atomic E-state index is -0.246. The molecular formula is C6H13NO4. The van der Waals surface area contributed by atoms with Crippen LogP contribution in [0, 0.1) is 0 Å². The lowest BCUT2D eigenvalue weighted by Gasteiger charge is -2.12. The highest BCUT2D eigenvalue weighted by Crippen LogP contribution is 1.85. The second-order valence-electron chi connectivity index (χ2n) is 1.83. The van der Waals surface area contributed by atoms with Crippen LogP contribution in [0.4, 0.5) is 0 Å². The molecule has 1 amide bonds. The zero-order chi connectivity index (χ0) is 8.69. The van der Waals surface area contributed by atoms with Gasteiger partial charge < -0.3 is 9.47 Å². The highest BCUT2D eigenvalue weighted by Gasteiger charge is 2.06. The lowest BCUT2D eigenvalue weighted by Crippen LogP contribution is -2.29. The number of carbonyl (C=O) groups is 1. The summed E-state index contributed by atoms with van der Waals surface area (Å²) in [6, 6.07) is 0. The van der Waals surface area contributed by atoms with Crippen LogP contribution in [-0.2, 0) is 19.1 Å².